The van der Waals surface area contributed by atoms with E-state index in [0.29, 0.717) is 19.6 Å². The van der Waals surface area contributed by atoms with Crippen molar-refractivity contribution in [3.63, 3.8) is 0 Å². The van der Waals surface area contributed by atoms with E-state index in [2.05, 4.69) is 20.8 Å². The molecule has 1 aliphatic rings. The molecule has 0 saturated carbocycles. The van der Waals surface area contributed by atoms with Crippen LogP contribution in [0.25, 0.3) is 0 Å². The number of carbonyl (C=O) groups excluding carboxylic acids is 1. The quantitative estimate of drug-likeness (QED) is 0.714. The monoisotopic (exact) mass is 271 g/mol. The standard InChI is InChI=1S/C15H29NO3/c1-6-15(2,3)8-7-14(17)16-10-13(19-5)9-12(16)11-18-4/h12-13H,6-11H2,1-5H3/t12-,13+/m0/s1. The summed E-state index contributed by atoms with van der Waals surface area (Å²) in [6.07, 6.45) is 3.70. The number of methoxy groups -OCH3 is 2. The van der Waals surface area contributed by atoms with Crippen molar-refractivity contribution in [3.8, 4) is 0 Å². The van der Waals surface area contributed by atoms with Gasteiger partial charge in [-0.05, 0) is 18.3 Å². The number of likely N-dealkylation sites (tertiary alicyclic amines) is 1. The second-order valence-corrected chi connectivity index (χ2v) is 6.27. The van der Waals surface area contributed by atoms with Crippen LogP contribution in [0.1, 0.15) is 46.5 Å². The smallest absolute Gasteiger partial charge is 0.223 e. The molecule has 0 unspecified atom stereocenters. The molecule has 0 spiro atoms. The Labute approximate surface area is 117 Å². The van der Waals surface area contributed by atoms with Crippen LogP contribution >= 0.6 is 0 Å². The Kier molecular flexibility index (Phi) is 6.27. The van der Waals surface area contributed by atoms with Crippen molar-refractivity contribution in [2.45, 2.75) is 58.6 Å². The third-order valence-corrected chi connectivity index (χ3v) is 4.36. The molecule has 1 heterocycles. The van der Waals surface area contributed by atoms with Gasteiger partial charge in [0.2, 0.25) is 5.91 Å². The van der Waals surface area contributed by atoms with Gasteiger partial charge in [-0.3, -0.25) is 4.79 Å². The fourth-order valence-electron chi connectivity index (χ4n) is 2.47. The van der Waals surface area contributed by atoms with Crippen LogP contribution in [0.5, 0.6) is 0 Å². The molecule has 0 aromatic carbocycles. The van der Waals surface area contributed by atoms with E-state index in [-0.39, 0.29) is 23.5 Å². The average molecular weight is 271 g/mol. The van der Waals surface area contributed by atoms with Crippen molar-refractivity contribution >= 4 is 5.91 Å². The first kappa shape index (κ1) is 16.4. The first-order chi connectivity index (χ1) is 8.93. The summed E-state index contributed by atoms with van der Waals surface area (Å²) in [6.45, 7) is 7.91. The van der Waals surface area contributed by atoms with Crippen molar-refractivity contribution in [1.29, 1.82) is 0 Å². The Morgan fingerprint density at radius 2 is 2.05 bits per heavy atom. The molecule has 0 aliphatic carbocycles. The lowest BCUT2D eigenvalue weighted by molar-refractivity contribution is -0.133. The number of rotatable bonds is 7. The topological polar surface area (TPSA) is 38.8 Å². The van der Waals surface area contributed by atoms with Crippen LogP contribution < -0.4 is 0 Å². The van der Waals surface area contributed by atoms with E-state index in [4.69, 9.17) is 9.47 Å². The van der Waals surface area contributed by atoms with Gasteiger partial charge in [0.05, 0.1) is 18.8 Å². The molecule has 112 valence electrons. The van der Waals surface area contributed by atoms with Crippen LogP contribution in [0, 0.1) is 5.41 Å². The number of nitrogens with zero attached hydrogens (tertiary/aromatic N) is 1. The fraction of sp³-hybridized carbons (Fsp3) is 0.933. The molecule has 1 rings (SSSR count). The van der Waals surface area contributed by atoms with Gasteiger partial charge in [0, 0.05) is 27.2 Å². The summed E-state index contributed by atoms with van der Waals surface area (Å²) < 4.78 is 10.6. The molecule has 0 radical (unpaired) electrons. The van der Waals surface area contributed by atoms with Gasteiger partial charge in [-0.1, -0.05) is 27.2 Å². The van der Waals surface area contributed by atoms with Gasteiger partial charge in [-0.15, -0.1) is 0 Å². The molecule has 2 atom stereocenters. The van der Waals surface area contributed by atoms with Crippen molar-refractivity contribution < 1.29 is 14.3 Å². The molecular weight excluding hydrogens is 242 g/mol. The van der Waals surface area contributed by atoms with Crippen molar-refractivity contribution in [1.82, 2.24) is 4.90 Å². The average Bonchev–Trinajstić information content (AvgIpc) is 2.80. The molecule has 1 saturated heterocycles. The van der Waals surface area contributed by atoms with Gasteiger partial charge in [0.25, 0.3) is 0 Å². The summed E-state index contributed by atoms with van der Waals surface area (Å²) in [6, 6.07) is 0.173. The maximum atomic E-state index is 12.4. The number of hydrogen-bond donors (Lipinski definition) is 0. The van der Waals surface area contributed by atoms with E-state index in [0.717, 1.165) is 19.3 Å². The fourth-order valence-corrected chi connectivity index (χ4v) is 2.47. The van der Waals surface area contributed by atoms with Gasteiger partial charge in [-0.25, -0.2) is 0 Å². The highest BCUT2D eigenvalue weighted by atomic mass is 16.5. The minimum absolute atomic E-state index is 0.156. The highest BCUT2D eigenvalue weighted by molar-refractivity contribution is 5.77. The minimum Gasteiger partial charge on any atom is -0.383 e. The highest BCUT2D eigenvalue weighted by Crippen LogP contribution is 2.28. The summed E-state index contributed by atoms with van der Waals surface area (Å²) >= 11 is 0. The summed E-state index contributed by atoms with van der Waals surface area (Å²) in [5.41, 5.74) is 0.243. The molecule has 0 aromatic heterocycles. The molecule has 1 amide bonds. The van der Waals surface area contributed by atoms with Crippen molar-refractivity contribution in [3.05, 3.63) is 0 Å². The first-order valence-corrected chi connectivity index (χ1v) is 7.24. The van der Waals surface area contributed by atoms with E-state index < -0.39 is 0 Å². The van der Waals surface area contributed by atoms with Crippen molar-refractivity contribution in [2.75, 3.05) is 27.4 Å². The number of hydrogen-bond acceptors (Lipinski definition) is 3. The Morgan fingerprint density at radius 1 is 1.37 bits per heavy atom. The predicted molar refractivity (Wildman–Crippen MR) is 76.1 cm³/mol. The van der Waals surface area contributed by atoms with E-state index in [1.165, 1.54) is 0 Å². The SMILES string of the molecule is CCC(C)(C)CCC(=O)N1C[C@H](OC)C[C@H]1COC. The molecule has 19 heavy (non-hydrogen) atoms. The van der Waals surface area contributed by atoms with Crippen molar-refractivity contribution in [2.24, 2.45) is 5.41 Å². The van der Waals surface area contributed by atoms with Crippen LogP contribution in [0.4, 0.5) is 0 Å². The van der Waals surface area contributed by atoms with E-state index in [9.17, 15) is 4.79 Å². The molecule has 0 aromatic rings. The Morgan fingerprint density at radius 3 is 2.58 bits per heavy atom. The van der Waals surface area contributed by atoms with E-state index in [1.54, 1.807) is 14.2 Å². The van der Waals surface area contributed by atoms with Gasteiger partial charge in [0.15, 0.2) is 0 Å². The maximum absolute atomic E-state index is 12.4. The second kappa shape index (κ2) is 7.25. The zero-order chi connectivity index (χ0) is 14.5. The molecule has 1 aliphatic heterocycles. The normalized spacial score (nSPS) is 23.9. The zero-order valence-corrected chi connectivity index (χ0v) is 13.1. The van der Waals surface area contributed by atoms with Gasteiger partial charge in [0.1, 0.15) is 0 Å². The Hall–Kier alpha value is -0.610. The summed E-state index contributed by atoms with van der Waals surface area (Å²) in [5, 5.41) is 0. The van der Waals surface area contributed by atoms with Gasteiger partial charge in [-0.2, -0.15) is 0 Å². The summed E-state index contributed by atoms with van der Waals surface area (Å²) in [7, 11) is 3.39. The lowest BCUT2D eigenvalue weighted by Crippen LogP contribution is -2.38. The first-order valence-electron chi connectivity index (χ1n) is 7.24. The highest BCUT2D eigenvalue weighted by Gasteiger charge is 2.35. The Balaban J connectivity index is 2.54. The number of carbonyl (C=O) groups is 1. The maximum Gasteiger partial charge on any atom is 0.223 e. The van der Waals surface area contributed by atoms with Gasteiger partial charge >= 0.3 is 0 Å². The van der Waals surface area contributed by atoms with Crippen LogP contribution in [0.15, 0.2) is 0 Å². The Bertz CT molecular complexity index is 291. The lowest BCUT2D eigenvalue weighted by atomic mass is 9.85. The molecular formula is C15H29NO3. The van der Waals surface area contributed by atoms with E-state index in [1.807, 2.05) is 4.90 Å². The molecule has 0 bridgehead atoms. The second-order valence-electron chi connectivity index (χ2n) is 6.27. The van der Waals surface area contributed by atoms with E-state index >= 15 is 0 Å². The molecule has 1 fully saturated rings. The molecule has 0 N–H and O–H groups in total. The third kappa shape index (κ3) is 4.77. The van der Waals surface area contributed by atoms with Crippen LogP contribution in [0.2, 0.25) is 0 Å². The summed E-state index contributed by atoms with van der Waals surface area (Å²) in [4.78, 5) is 14.3. The number of ether oxygens (including phenoxy) is 2. The molecule has 4 heteroatoms. The van der Waals surface area contributed by atoms with Crippen LogP contribution in [-0.4, -0.2) is 50.3 Å². The zero-order valence-electron chi connectivity index (χ0n) is 13.1. The minimum atomic E-state index is 0.156. The number of amides is 1. The molecule has 4 nitrogen and oxygen atoms in total. The summed E-state index contributed by atoms with van der Waals surface area (Å²) in [5.74, 6) is 0.239. The lowest BCUT2D eigenvalue weighted by Gasteiger charge is -2.27. The van der Waals surface area contributed by atoms with Gasteiger partial charge < -0.3 is 14.4 Å². The largest absolute Gasteiger partial charge is 0.383 e. The third-order valence-electron chi connectivity index (χ3n) is 4.36. The predicted octanol–water partition coefficient (Wildman–Crippen LogP) is 2.47. The van der Waals surface area contributed by atoms with Crippen LogP contribution in [0.3, 0.4) is 0 Å². The van der Waals surface area contributed by atoms with Crippen LogP contribution in [-0.2, 0) is 14.3 Å².